The van der Waals surface area contributed by atoms with Gasteiger partial charge in [0.05, 0.1) is 24.0 Å². The summed E-state index contributed by atoms with van der Waals surface area (Å²) in [4.78, 5) is 6.31. The molecule has 1 aliphatic rings. The average molecular weight is 351 g/mol. The number of nitrogens with one attached hydrogen (secondary N) is 1. The molecule has 2 atom stereocenters. The minimum Gasteiger partial charge on any atom is -0.348 e. The third-order valence-electron chi connectivity index (χ3n) is 4.61. The maximum absolute atomic E-state index is 13.9. The van der Waals surface area contributed by atoms with Crippen LogP contribution in [0.1, 0.15) is 17.7 Å². The minimum absolute atomic E-state index is 0.0237. The fourth-order valence-electron chi connectivity index (χ4n) is 3.38. The second-order valence-corrected chi connectivity index (χ2v) is 6.36. The number of nitriles is 1. The summed E-state index contributed by atoms with van der Waals surface area (Å²) in [6.45, 7) is 1.55. The Labute approximate surface area is 150 Å². The van der Waals surface area contributed by atoms with Crippen LogP contribution >= 0.6 is 0 Å². The van der Waals surface area contributed by atoms with Crippen LogP contribution in [0.25, 0.3) is 5.65 Å². The summed E-state index contributed by atoms with van der Waals surface area (Å²) < 4.78 is 15.8. The molecule has 0 spiro atoms. The Morgan fingerprint density at radius 2 is 2.27 bits per heavy atom. The molecular formula is C18H18FN7. The van der Waals surface area contributed by atoms with Crippen molar-refractivity contribution in [1.29, 1.82) is 5.26 Å². The molecule has 4 heterocycles. The molecule has 3 aromatic rings. The molecule has 7 nitrogen and oxygen atoms in total. The maximum Gasteiger partial charge on any atom is 0.151 e. The lowest BCUT2D eigenvalue weighted by molar-refractivity contribution is 0.354. The van der Waals surface area contributed by atoms with Crippen molar-refractivity contribution < 1.29 is 4.39 Å². The molecule has 132 valence electrons. The highest BCUT2D eigenvalue weighted by Crippen LogP contribution is 2.25. The molecular weight excluding hydrogens is 333 g/mol. The van der Waals surface area contributed by atoms with E-state index in [9.17, 15) is 4.39 Å². The van der Waals surface area contributed by atoms with Crippen LogP contribution in [0, 0.1) is 11.3 Å². The first-order chi connectivity index (χ1) is 12.7. The van der Waals surface area contributed by atoms with Crippen molar-refractivity contribution in [2.75, 3.05) is 18.0 Å². The van der Waals surface area contributed by atoms with Crippen molar-refractivity contribution in [3.8, 4) is 6.07 Å². The van der Waals surface area contributed by atoms with Crippen LogP contribution in [0.15, 0.2) is 42.9 Å². The van der Waals surface area contributed by atoms with Gasteiger partial charge in [0, 0.05) is 37.9 Å². The Morgan fingerprint density at radius 3 is 3.08 bits per heavy atom. The van der Waals surface area contributed by atoms with Crippen molar-refractivity contribution in [1.82, 2.24) is 24.9 Å². The molecule has 1 N–H and O–H groups in total. The van der Waals surface area contributed by atoms with Gasteiger partial charge >= 0.3 is 0 Å². The molecule has 0 radical (unpaired) electrons. The van der Waals surface area contributed by atoms with Gasteiger partial charge in [0.25, 0.3) is 0 Å². The van der Waals surface area contributed by atoms with Crippen LogP contribution in [0.5, 0.6) is 0 Å². The van der Waals surface area contributed by atoms with Crippen LogP contribution in [0.2, 0.25) is 0 Å². The number of anilines is 1. The zero-order chi connectivity index (χ0) is 17.9. The number of halogens is 1. The average Bonchev–Trinajstić information content (AvgIpc) is 3.25. The molecule has 0 bridgehead atoms. The maximum atomic E-state index is 13.9. The van der Waals surface area contributed by atoms with Crippen molar-refractivity contribution in [2.24, 2.45) is 0 Å². The molecule has 0 aliphatic carbocycles. The van der Waals surface area contributed by atoms with E-state index in [2.05, 4.69) is 26.6 Å². The summed E-state index contributed by atoms with van der Waals surface area (Å²) >= 11 is 0. The van der Waals surface area contributed by atoms with Gasteiger partial charge in [-0.2, -0.15) is 10.4 Å². The highest BCUT2D eigenvalue weighted by Gasteiger charge is 2.32. The normalized spacial score (nSPS) is 19.8. The number of alkyl halides is 1. The molecule has 26 heavy (non-hydrogen) atoms. The molecule has 0 saturated carbocycles. The molecule has 1 saturated heterocycles. The number of aromatic nitrogens is 4. The number of rotatable bonds is 5. The van der Waals surface area contributed by atoms with Gasteiger partial charge in [0.2, 0.25) is 0 Å². The van der Waals surface area contributed by atoms with Gasteiger partial charge in [-0.25, -0.2) is 9.37 Å². The Bertz CT molecular complexity index is 934. The van der Waals surface area contributed by atoms with Crippen LogP contribution < -0.4 is 10.2 Å². The second kappa shape index (κ2) is 7.06. The fraction of sp³-hybridized carbons (Fsp3) is 0.333. The number of pyridine rings is 1. The molecule has 4 rings (SSSR count). The topological polar surface area (TPSA) is 82.1 Å². The van der Waals surface area contributed by atoms with Gasteiger partial charge in [-0.05, 0) is 24.3 Å². The lowest BCUT2D eigenvalue weighted by Gasteiger charge is -2.25. The Morgan fingerprint density at radius 1 is 1.35 bits per heavy atom. The molecule has 0 aromatic carbocycles. The second-order valence-electron chi connectivity index (χ2n) is 6.36. The monoisotopic (exact) mass is 351 g/mol. The van der Waals surface area contributed by atoms with Gasteiger partial charge in [0.15, 0.2) is 5.82 Å². The Hall–Kier alpha value is -3.05. The van der Waals surface area contributed by atoms with Gasteiger partial charge < -0.3 is 14.6 Å². The SMILES string of the molecule is N#Cc1ccc2ncc(CNC[C@@H]3C[C@H](F)CN3c3cccnn3)n2c1. The smallest absolute Gasteiger partial charge is 0.151 e. The summed E-state index contributed by atoms with van der Waals surface area (Å²) in [5.41, 5.74) is 2.34. The third kappa shape index (κ3) is 3.21. The molecule has 8 heteroatoms. The molecule has 0 unspecified atom stereocenters. The van der Waals surface area contributed by atoms with E-state index in [4.69, 9.17) is 5.26 Å². The summed E-state index contributed by atoms with van der Waals surface area (Å²) in [5, 5.41) is 20.4. The zero-order valence-electron chi connectivity index (χ0n) is 14.1. The lowest BCUT2D eigenvalue weighted by Crippen LogP contribution is -2.38. The molecule has 0 amide bonds. The van der Waals surface area contributed by atoms with E-state index in [1.807, 2.05) is 27.5 Å². The number of hydrogen-bond acceptors (Lipinski definition) is 6. The van der Waals surface area contributed by atoms with Crippen LogP contribution in [0.4, 0.5) is 10.2 Å². The largest absolute Gasteiger partial charge is 0.348 e. The first-order valence-corrected chi connectivity index (χ1v) is 8.50. The standard InChI is InChI=1S/C18H18FN7/c19-14-6-15(26(12-14)18-2-1-5-23-24-18)8-21-9-16-10-22-17-4-3-13(7-20)11-25(16)17/h1-5,10-11,14-15,21H,6,8-9,12H2/t14-,15-/m0/s1. The van der Waals surface area contributed by atoms with Gasteiger partial charge in [0.1, 0.15) is 17.9 Å². The highest BCUT2D eigenvalue weighted by atomic mass is 19.1. The summed E-state index contributed by atoms with van der Waals surface area (Å²) in [6.07, 6.45) is 4.78. The van der Waals surface area contributed by atoms with E-state index >= 15 is 0 Å². The van der Waals surface area contributed by atoms with Crippen molar-refractivity contribution in [3.63, 3.8) is 0 Å². The zero-order valence-corrected chi connectivity index (χ0v) is 14.1. The predicted octanol–water partition coefficient (Wildman–Crippen LogP) is 1.70. The predicted molar refractivity (Wildman–Crippen MR) is 94.3 cm³/mol. The first-order valence-electron chi connectivity index (χ1n) is 8.50. The third-order valence-corrected chi connectivity index (χ3v) is 4.61. The lowest BCUT2D eigenvalue weighted by atomic mass is 10.2. The van der Waals surface area contributed by atoms with Crippen molar-refractivity contribution in [2.45, 2.75) is 25.2 Å². The molecule has 1 fully saturated rings. The minimum atomic E-state index is -0.863. The van der Waals surface area contributed by atoms with Crippen LogP contribution in [0.3, 0.4) is 0 Å². The van der Waals surface area contributed by atoms with Gasteiger partial charge in [-0.15, -0.1) is 5.10 Å². The Balaban J connectivity index is 1.43. The van der Waals surface area contributed by atoms with Crippen LogP contribution in [-0.2, 0) is 6.54 Å². The number of hydrogen-bond donors (Lipinski definition) is 1. The van der Waals surface area contributed by atoms with Crippen molar-refractivity contribution in [3.05, 3.63) is 54.1 Å². The number of imidazole rings is 1. The van der Waals surface area contributed by atoms with E-state index in [1.54, 1.807) is 24.7 Å². The summed E-state index contributed by atoms with van der Waals surface area (Å²) in [5.74, 6) is 0.702. The molecule has 3 aromatic heterocycles. The highest BCUT2D eigenvalue weighted by molar-refractivity contribution is 5.44. The summed E-state index contributed by atoms with van der Waals surface area (Å²) in [7, 11) is 0. The Kier molecular flexibility index (Phi) is 4.46. The molecule has 1 aliphatic heterocycles. The first kappa shape index (κ1) is 16.4. The van der Waals surface area contributed by atoms with E-state index in [0.717, 1.165) is 11.3 Å². The van der Waals surface area contributed by atoms with E-state index < -0.39 is 6.17 Å². The fourth-order valence-corrected chi connectivity index (χ4v) is 3.38. The van der Waals surface area contributed by atoms with E-state index in [0.29, 0.717) is 37.4 Å². The number of nitrogens with zero attached hydrogens (tertiary/aromatic N) is 6. The summed E-state index contributed by atoms with van der Waals surface area (Å²) in [6, 6.07) is 9.39. The van der Waals surface area contributed by atoms with Gasteiger partial charge in [-0.3, -0.25) is 0 Å². The number of fused-ring (bicyclic) bond motifs is 1. The van der Waals surface area contributed by atoms with E-state index in [-0.39, 0.29) is 6.04 Å². The van der Waals surface area contributed by atoms with Crippen LogP contribution in [-0.4, -0.2) is 44.9 Å². The quantitative estimate of drug-likeness (QED) is 0.753. The van der Waals surface area contributed by atoms with Gasteiger partial charge in [-0.1, -0.05) is 0 Å². The van der Waals surface area contributed by atoms with Crippen molar-refractivity contribution >= 4 is 11.5 Å². The van der Waals surface area contributed by atoms with E-state index in [1.165, 1.54) is 0 Å².